The molecular weight excluding hydrogens is 348 g/mol. The van der Waals surface area contributed by atoms with Gasteiger partial charge >= 0.3 is 0 Å². The minimum absolute atomic E-state index is 0.180. The summed E-state index contributed by atoms with van der Waals surface area (Å²) in [6, 6.07) is 10.8. The summed E-state index contributed by atoms with van der Waals surface area (Å²) in [6.07, 6.45) is 10.1. The lowest BCUT2D eigenvalue weighted by atomic mass is 9.69. The summed E-state index contributed by atoms with van der Waals surface area (Å²) in [4.78, 5) is 14.0. The van der Waals surface area contributed by atoms with Crippen molar-refractivity contribution < 1.29 is 0 Å². The maximum absolute atomic E-state index is 4.52. The van der Waals surface area contributed by atoms with Crippen LogP contribution in [0.4, 0.5) is 5.95 Å². The molecule has 2 aliphatic rings. The van der Waals surface area contributed by atoms with Crippen molar-refractivity contribution in [1.82, 2.24) is 24.6 Å². The highest BCUT2D eigenvalue weighted by atomic mass is 15.3. The van der Waals surface area contributed by atoms with E-state index >= 15 is 0 Å². The summed E-state index contributed by atoms with van der Waals surface area (Å²) in [6.45, 7) is 5.08. The van der Waals surface area contributed by atoms with Gasteiger partial charge < -0.3 is 4.90 Å². The molecule has 0 radical (unpaired) electrons. The number of benzene rings is 1. The van der Waals surface area contributed by atoms with Gasteiger partial charge in [-0.05, 0) is 43.1 Å². The Balaban J connectivity index is 1.38. The van der Waals surface area contributed by atoms with E-state index in [2.05, 4.69) is 55.3 Å². The standard InChI is InChI=1S/C22H26N6/c1-26-14-18(13-25-26)15-27-11-7-22(8-12-27)17-28(21-23-9-4-10-24-21)16-19-5-2-3-6-20(19)22/h2-6,9-10,13-14H,7-8,11-12,15-17H2,1H3. The third-order valence-corrected chi connectivity index (χ3v) is 6.26. The van der Waals surface area contributed by atoms with Gasteiger partial charge in [0.25, 0.3) is 0 Å². The van der Waals surface area contributed by atoms with Crippen molar-refractivity contribution in [2.75, 3.05) is 24.5 Å². The minimum atomic E-state index is 0.180. The molecule has 0 bridgehead atoms. The molecule has 2 aliphatic heterocycles. The first kappa shape index (κ1) is 17.4. The van der Waals surface area contributed by atoms with Gasteiger partial charge in [0.1, 0.15) is 0 Å². The largest absolute Gasteiger partial charge is 0.336 e. The summed E-state index contributed by atoms with van der Waals surface area (Å²) >= 11 is 0. The topological polar surface area (TPSA) is 50.1 Å². The average molecular weight is 374 g/mol. The Bertz CT molecular complexity index is 942. The second kappa shape index (κ2) is 7.02. The third kappa shape index (κ3) is 3.18. The van der Waals surface area contributed by atoms with Crippen molar-refractivity contribution >= 4 is 5.95 Å². The normalized spacial score (nSPS) is 19.0. The number of likely N-dealkylation sites (tertiary alicyclic amines) is 1. The Morgan fingerprint density at radius 2 is 1.82 bits per heavy atom. The van der Waals surface area contributed by atoms with Gasteiger partial charge in [0.05, 0.1) is 6.20 Å². The first-order valence-corrected chi connectivity index (χ1v) is 10.0. The van der Waals surface area contributed by atoms with E-state index in [1.807, 2.05) is 36.4 Å². The van der Waals surface area contributed by atoms with E-state index in [1.54, 1.807) is 0 Å². The van der Waals surface area contributed by atoms with Crippen molar-refractivity contribution in [3.63, 3.8) is 0 Å². The summed E-state index contributed by atoms with van der Waals surface area (Å²) in [5.41, 5.74) is 4.42. The smallest absolute Gasteiger partial charge is 0.225 e. The van der Waals surface area contributed by atoms with E-state index in [0.29, 0.717) is 0 Å². The number of piperidine rings is 1. The molecule has 5 rings (SSSR count). The van der Waals surface area contributed by atoms with E-state index in [1.165, 1.54) is 16.7 Å². The molecule has 0 unspecified atom stereocenters. The summed E-state index contributed by atoms with van der Waals surface area (Å²) in [5, 5.41) is 4.31. The molecule has 28 heavy (non-hydrogen) atoms. The number of fused-ring (bicyclic) bond motifs is 2. The van der Waals surface area contributed by atoms with E-state index in [9.17, 15) is 0 Å². The number of aryl methyl sites for hydroxylation is 1. The highest BCUT2D eigenvalue weighted by Crippen LogP contribution is 2.42. The minimum Gasteiger partial charge on any atom is -0.336 e. The van der Waals surface area contributed by atoms with Gasteiger partial charge in [-0.15, -0.1) is 0 Å². The Labute approximate surface area is 165 Å². The van der Waals surface area contributed by atoms with Gasteiger partial charge in [-0.25, -0.2) is 9.97 Å². The molecule has 1 spiro atoms. The van der Waals surface area contributed by atoms with Crippen molar-refractivity contribution in [2.24, 2.45) is 7.05 Å². The zero-order valence-corrected chi connectivity index (χ0v) is 16.3. The Kier molecular flexibility index (Phi) is 4.36. The average Bonchev–Trinajstić information content (AvgIpc) is 3.15. The van der Waals surface area contributed by atoms with Crippen LogP contribution in [0.3, 0.4) is 0 Å². The highest BCUT2D eigenvalue weighted by molar-refractivity contribution is 5.45. The molecule has 1 fully saturated rings. The number of rotatable bonds is 3. The second-order valence-corrected chi connectivity index (χ2v) is 8.14. The van der Waals surface area contributed by atoms with E-state index < -0.39 is 0 Å². The fraction of sp³-hybridized carbons (Fsp3) is 0.409. The molecule has 4 heterocycles. The number of aromatic nitrogens is 4. The number of anilines is 1. The lowest BCUT2D eigenvalue weighted by molar-refractivity contribution is 0.150. The van der Waals surface area contributed by atoms with Crippen molar-refractivity contribution in [1.29, 1.82) is 0 Å². The van der Waals surface area contributed by atoms with Gasteiger partial charge in [0.15, 0.2) is 0 Å². The predicted molar refractivity (Wildman–Crippen MR) is 109 cm³/mol. The first-order chi connectivity index (χ1) is 13.7. The summed E-state index contributed by atoms with van der Waals surface area (Å²) in [7, 11) is 1.98. The lowest BCUT2D eigenvalue weighted by Gasteiger charge is -2.48. The molecule has 144 valence electrons. The monoisotopic (exact) mass is 374 g/mol. The molecule has 3 aromatic rings. The maximum Gasteiger partial charge on any atom is 0.225 e. The van der Waals surface area contributed by atoms with Crippen LogP contribution >= 0.6 is 0 Å². The molecule has 1 aromatic carbocycles. The van der Waals surface area contributed by atoms with E-state index in [0.717, 1.165) is 51.5 Å². The predicted octanol–water partition coefficient (Wildman–Crippen LogP) is 2.76. The van der Waals surface area contributed by atoms with Crippen LogP contribution in [0.2, 0.25) is 0 Å². The molecule has 0 atom stereocenters. The number of hydrogen-bond donors (Lipinski definition) is 0. The van der Waals surface area contributed by atoms with Crippen LogP contribution in [0.1, 0.15) is 29.5 Å². The quantitative estimate of drug-likeness (QED) is 0.706. The molecular formula is C22H26N6. The fourth-order valence-electron chi connectivity index (χ4n) is 4.86. The highest BCUT2D eigenvalue weighted by Gasteiger charge is 2.42. The van der Waals surface area contributed by atoms with Gasteiger partial charge in [-0.1, -0.05) is 24.3 Å². The third-order valence-electron chi connectivity index (χ3n) is 6.26. The van der Waals surface area contributed by atoms with Crippen LogP contribution in [0.25, 0.3) is 0 Å². The Morgan fingerprint density at radius 1 is 1.04 bits per heavy atom. The lowest BCUT2D eigenvalue weighted by Crippen LogP contribution is -2.52. The molecule has 6 heteroatoms. The fourth-order valence-corrected chi connectivity index (χ4v) is 4.86. The van der Waals surface area contributed by atoms with Crippen molar-refractivity contribution in [3.8, 4) is 0 Å². The first-order valence-electron chi connectivity index (χ1n) is 10.0. The van der Waals surface area contributed by atoms with Crippen LogP contribution in [0, 0.1) is 0 Å². The van der Waals surface area contributed by atoms with Crippen LogP contribution in [-0.4, -0.2) is 44.3 Å². The van der Waals surface area contributed by atoms with Crippen LogP contribution in [0.5, 0.6) is 0 Å². The zero-order valence-electron chi connectivity index (χ0n) is 16.3. The second-order valence-electron chi connectivity index (χ2n) is 8.14. The van der Waals surface area contributed by atoms with Gasteiger partial charge in [0.2, 0.25) is 5.95 Å². The molecule has 2 aromatic heterocycles. The van der Waals surface area contributed by atoms with Gasteiger partial charge in [-0.3, -0.25) is 9.58 Å². The van der Waals surface area contributed by atoms with Crippen molar-refractivity contribution in [3.05, 3.63) is 71.8 Å². The number of nitrogens with zero attached hydrogens (tertiary/aromatic N) is 6. The van der Waals surface area contributed by atoms with E-state index in [4.69, 9.17) is 0 Å². The Hall–Kier alpha value is -2.73. The van der Waals surface area contributed by atoms with Crippen molar-refractivity contribution in [2.45, 2.75) is 31.3 Å². The molecule has 0 aliphatic carbocycles. The molecule has 0 amide bonds. The zero-order chi connectivity index (χ0) is 19.0. The molecule has 1 saturated heterocycles. The number of hydrogen-bond acceptors (Lipinski definition) is 5. The van der Waals surface area contributed by atoms with Crippen LogP contribution < -0.4 is 4.90 Å². The van der Waals surface area contributed by atoms with Crippen LogP contribution in [-0.2, 0) is 25.6 Å². The molecule has 0 saturated carbocycles. The van der Waals surface area contributed by atoms with E-state index in [-0.39, 0.29) is 5.41 Å². The summed E-state index contributed by atoms with van der Waals surface area (Å²) in [5.74, 6) is 0.842. The maximum atomic E-state index is 4.52. The Morgan fingerprint density at radius 3 is 2.57 bits per heavy atom. The van der Waals surface area contributed by atoms with Gasteiger partial charge in [0, 0.05) is 56.3 Å². The molecule has 0 N–H and O–H groups in total. The molecule has 6 nitrogen and oxygen atoms in total. The van der Waals surface area contributed by atoms with Gasteiger partial charge in [-0.2, -0.15) is 5.10 Å². The summed E-state index contributed by atoms with van der Waals surface area (Å²) < 4.78 is 1.88. The SMILES string of the molecule is Cn1cc(CN2CCC3(CC2)CN(c2ncccn2)Cc2ccccc23)cn1. The van der Waals surface area contributed by atoms with Crippen LogP contribution in [0.15, 0.2) is 55.1 Å².